The first-order valence-electron chi connectivity index (χ1n) is 5.51. The Morgan fingerprint density at radius 3 is 2.79 bits per heavy atom. The van der Waals surface area contributed by atoms with E-state index >= 15 is 0 Å². The van der Waals surface area contributed by atoms with Gasteiger partial charge in [0.05, 0.1) is 6.00 Å². The van der Waals surface area contributed by atoms with Gasteiger partial charge >= 0.3 is 0 Å². The van der Waals surface area contributed by atoms with Crippen molar-refractivity contribution in [2.45, 2.75) is 26.7 Å². The predicted molar refractivity (Wildman–Crippen MR) is 62.7 cm³/mol. The van der Waals surface area contributed by atoms with Gasteiger partial charge in [-0.05, 0) is 37.8 Å². The van der Waals surface area contributed by atoms with Crippen LogP contribution in [-0.4, -0.2) is 37.6 Å². The summed E-state index contributed by atoms with van der Waals surface area (Å²) in [6, 6.07) is 0.561. The van der Waals surface area contributed by atoms with Gasteiger partial charge in [0, 0.05) is 13.1 Å². The minimum atomic E-state index is 0.365. The topological polar surface area (TPSA) is 15.3 Å². The summed E-state index contributed by atoms with van der Waals surface area (Å²) in [4.78, 5) is 2.44. The molecule has 2 nitrogen and oxygen atoms in total. The van der Waals surface area contributed by atoms with Crippen molar-refractivity contribution in [1.82, 2.24) is 10.2 Å². The fourth-order valence-corrected chi connectivity index (χ4v) is 2.41. The van der Waals surface area contributed by atoms with Gasteiger partial charge in [-0.2, -0.15) is 0 Å². The fourth-order valence-electron chi connectivity index (χ4n) is 2.32. The summed E-state index contributed by atoms with van der Waals surface area (Å²) in [5.74, 6) is 0.803. The predicted octanol–water partition coefficient (Wildman–Crippen LogP) is 2.14. The first kappa shape index (κ1) is 12.3. The van der Waals surface area contributed by atoms with E-state index in [1.54, 1.807) is 0 Å². The summed E-state index contributed by atoms with van der Waals surface area (Å²) in [6.45, 7) is 8.20. The minimum Gasteiger partial charge on any atom is -0.306 e. The molecule has 1 aliphatic rings. The van der Waals surface area contributed by atoms with Crippen molar-refractivity contribution in [3.63, 3.8) is 0 Å². The number of nitrogens with one attached hydrogen (secondary N) is 1. The SMILES string of the molecule is CN1CCCC(C(C)(C)CNCCl)C1. The van der Waals surface area contributed by atoms with Crippen LogP contribution in [0.2, 0.25) is 0 Å². The maximum Gasteiger partial charge on any atom is 0.0713 e. The summed E-state index contributed by atoms with van der Waals surface area (Å²) < 4.78 is 0. The largest absolute Gasteiger partial charge is 0.306 e. The molecule has 0 radical (unpaired) electrons. The number of hydrogen-bond acceptors (Lipinski definition) is 2. The first-order chi connectivity index (χ1) is 6.56. The number of likely N-dealkylation sites (tertiary alicyclic amines) is 1. The van der Waals surface area contributed by atoms with E-state index in [1.807, 2.05) is 0 Å². The zero-order chi connectivity index (χ0) is 10.6. The second kappa shape index (κ2) is 5.34. The van der Waals surface area contributed by atoms with E-state index in [2.05, 4.69) is 31.1 Å². The molecule has 0 spiro atoms. The van der Waals surface area contributed by atoms with Crippen LogP contribution in [-0.2, 0) is 0 Å². The monoisotopic (exact) mass is 218 g/mol. The smallest absolute Gasteiger partial charge is 0.0713 e. The third-order valence-electron chi connectivity index (χ3n) is 3.40. The summed E-state index contributed by atoms with van der Waals surface area (Å²) in [5, 5.41) is 3.25. The van der Waals surface area contributed by atoms with Gasteiger partial charge in [-0.25, -0.2) is 0 Å². The number of hydrogen-bond donors (Lipinski definition) is 1. The Labute approximate surface area is 93.0 Å². The van der Waals surface area contributed by atoms with Crippen LogP contribution in [0.5, 0.6) is 0 Å². The number of alkyl halides is 1. The average Bonchev–Trinajstić information content (AvgIpc) is 2.15. The van der Waals surface area contributed by atoms with Crippen LogP contribution in [0.25, 0.3) is 0 Å². The van der Waals surface area contributed by atoms with Crippen molar-refractivity contribution in [2.75, 3.05) is 32.7 Å². The lowest BCUT2D eigenvalue weighted by Gasteiger charge is -2.40. The maximum atomic E-state index is 5.65. The zero-order valence-electron chi connectivity index (χ0n) is 9.65. The van der Waals surface area contributed by atoms with Gasteiger partial charge in [0.1, 0.15) is 0 Å². The fraction of sp³-hybridized carbons (Fsp3) is 1.00. The van der Waals surface area contributed by atoms with Gasteiger partial charge in [0.2, 0.25) is 0 Å². The molecule has 84 valence electrons. The molecule has 0 aliphatic carbocycles. The Morgan fingerprint density at radius 2 is 2.21 bits per heavy atom. The van der Waals surface area contributed by atoms with E-state index in [0.29, 0.717) is 11.4 Å². The molecule has 1 atom stereocenters. The van der Waals surface area contributed by atoms with Crippen LogP contribution in [0, 0.1) is 11.3 Å². The highest BCUT2D eigenvalue weighted by Gasteiger charge is 2.31. The van der Waals surface area contributed by atoms with E-state index in [-0.39, 0.29) is 0 Å². The second-order valence-electron chi connectivity index (χ2n) is 5.15. The van der Waals surface area contributed by atoms with Gasteiger partial charge in [-0.3, -0.25) is 0 Å². The van der Waals surface area contributed by atoms with Crippen molar-refractivity contribution in [1.29, 1.82) is 0 Å². The molecule has 1 rings (SSSR count). The molecule has 1 saturated heterocycles. The Balaban J connectivity index is 2.43. The molecule has 14 heavy (non-hydrogen) atoms. The maximum absolute atomic E-state index is 5.65. The van der Waals surface area contributed by atoms with Gasteiger partial charge < -0.3 is 10.2 Å². The van der Waals surface area contributed by atoms with E-state index in [0.717, 1.165) is 12.5 Å². The molecule has 1 aliphatic heterocycles. The Morgan fingerprint density at radius 1 is 1.50 bits per heavy atom. The lowest BCUT2D eigenvalue weighted by Crippen LogP contribution is -2.43. The number of nitrogens with zero attached hydrogens (tertiary/aromatic N) is 1. The van der Waals surface area contributed by atoms with E-state index in [4.69, 9.17) is 11.6 Å². The standard InChI is InChI=1S/C11H23ClN2/c1-11(2,8-13-9-12)10-5-4-6-14(3)7-10/h10,13H,4-9H2,1-3H3. The molecule has 1 unspecified atom stereocenters. The molecule has 0 aromatic heterocycles. The third-order valence-corrected chi connectivity index (χ3v) is 3.59. The number of halogens is 1. The third kappa shape index (κ3) is 3.41. The molecule has 0 aromatic carbocycles. The lowest BCUT2D eigenvalue weighted by atomic mass is 9.74. The van der Waals surface area contributed by atoms with E-state index < -0.39 is 0 Å². The van der Waals surface area contributed by atoms with Crippen LogP contribution in [0.1, 0.15) is 26.7 Å². The highest BCUT2D eigenvalue weighted by molar-refractivity contribution is 6.17. The van der Waals surface area contributed by atoms with Crippen molar-refractivity contribution in [3.05, 3.63) is 0 Å². The molecule has 0 saturated carbocycles. The Hall–Kier alpha value is 0.210. The van der Waals surface area contributed by atoms with Gasteiger partial charge in [-0.15, -0.1) is 11.6 Å². The molecule has 3 heteroatoms. The first-order valence-corrected chi connectivity index (χ1v) is 6.05. The summed E-state index contributed by atoms with van der Waals surface area (Å²) in [6.07, 6.45) is 2.70. The number of piperidine rings is 1. The number of rotatable bonds is 4. The molecule has 0 amide bonds. The molecule has 1 N–H and O–H groups in total. The Kier molecular flexibility index (Phi) is 4.68. The molecule has 0 aromatic rings. The van der Waals surface area contributed by atoms with Crippen LogP contribution >= 0.6 is 11.6 Å². The quantitative estimate of drug-likeness (QED) is 0.575. The lowest BCUT2D eigenvalue weighted by molar-refractivity contribution is 0.104. The van der Waals surface area contributed by atoms with Crippen LogP contribution in [0.3, 0.4) is 0 Å². The van der Waals surface area contributed by atoms with Gasteiger partial charge in [0.25, 0.3) is 0 Å². The van der Waals surface area contributed by atoms with Crippen molar-refractivity contribution >= 4 is 11.6 Å². The summed E-state index contributed by atoms with van der Waals surface area (Å²) in [5.41, 5.74) is 0.365. The van der Waals surface area contributed by atoms with Gasteiger partial charge in [0.15, 0.2) is 0 Å². The van der Waals surface area contributed by atoms with E-state index in [1.165, 1.54) is 25.9 Å². The van der Waals surface area contributed by atoms with Crippen molar-refractivity contribution < 1.29 is 0 Å². The van der Waals surface area contributed by atoms with E-state index in [9.17, 15) is 0 Å². The van der Waals surface area contributed by atoms with Crippen LogP contribution in [0.15, 0.2) is 0 Å². The molecular formula is C11H23ClN2. The summed E-state index contributed by atoms with van der Waals surface area (Å²) >= 11 is 5.65. The zero-order valence-corrected chi connectivity index (χ0v) is 10.4. The highest BCUT2D eigenvalue weighted by Crippen LogP contribution is 2.32. The molecule has 1 fully saturated rings. The van der Waals surface area contributed by atoms with Crippen molar-refractivity contribution in [3.8, 4) is 0 Å². The average molecular weight is 219 g/mol. The normalized spacial score (nSPS) is 25.3. The highest BCUT2D eigenvalue weighted by atomic mass is 35.5. The van der Waals surface area contributed by atoms with Crippen molar-refractivity contribution in [2.24, 2.45) is 11.3 Å². The summed E-state index contributed by atoms with van der Waals surface area (Å²) in [7, 11) is 2.22. The van der Waals surface area contributed by atoms with Crippen LogP contribution < -0.4 is 5.32 Å². The minimum absolute atomic E-state index is 0.365. The molecule has 1 heterocycles. The molecule has 0 bridgehead atoms. The second-order valence-corrected chi connectivity index (χ2v) is 5.42. The molecular weight excluding hydrogens is 196 g/mol. The van der Waals surface area contributed by atoms with Crippen LogP contribution in [0.4, 0.5) is 0 Å². The van der Waals surface area contributed by atoms with Gasteiger partial charge in [-0.1, -0.05) is 13.8 Å². The Bertz CT molecular complexity index is 171.